The third-order valence-electron chi connectivity index (χ3n) is 3.31. The van der Waals surface area contributed by atoms with E-state index < -0.39 is 0 Å². The standard InChI is InChI=1S/C15H27N3/c1-13(2)16-11-8-14(3)18(4)12-9-15-7-5-6-10-17-15/h5-7,10,13-14,16H,8-9,11-12H2,1-4H3. The van der Waals surface area contributed by atoms with Gasteiger partial charge in [-0.1, -0.05) is 19.9 Å². The third kappa shape index (κ3) is 6.12. The van der Waals surface area contributed by atoms with E-state index in [-0.39, 0.29) is 0 Å². The van der Waals surface area contributed by atoms with Crippen molar-refractivity contribution in [3.05, 3.63) is 30.1 Å². The highest BCUT2D eigenvalue weighted by atomic mass is 15.1. The molecule has 3 heteroatoms. The summed E-state index contributed by atoms with van der Waals surface area (Å²) in [4.78, 5) is 6.77. The maximum absolute atomic E-state index is 4.36. The Labute approximate surface area is 112 Å². The number of likely N-dealkylation sites (N-methyl/N-ethyl adjacent to an activating group) is 1. The minimum absolute atomic E-state index is 0.580. The van der Waals surface area contributed by atoms with Gasteiger partial charge in [0, 0.05) is 36.9 Å². The van der Waals surface area contributed by atoms with Crippen LogP contribution in [0.2, 0.25) is 0 Å². The summed E-state index contributed by atoms with van der Waals surface area (Å²) in [6.45, 7) is 8.83. The zero-order chi connectivity index (χ0) is 13.4. The maximum Gasteiger partial charge on any atom is 0.0416 e. The van der Waals surface area contributed by atoms with Gasteiger partial charge in [-0.25, -0.2) is 0 Å². The molecule has 0 saturated carbocycles. The molecular weight excluding hydrogens is 222 g/mol. The van der Waals surface area contributed by atoms with Crippen LogP contribution >= 0.6 is 0 Å². The van der Waals surface area contributed by atoms with Crippen LogP contribution in [0.15, 0.2) is 24.4 Å². The van der Waals surface area contributed by atoms with E-state index in [2.05, 4.69) is 55.2 Å². The lowest BCUT2D eigenvalue weighted by Gasteiger charge is -2.25. The molecule has 1 aromatic rings. The molecule has 0 aliphatic heterocycles. The fraction of sp³-hybridized carbons (Fsp3) is 0.667. The Kier molecular flexibility index (Phi) is 6.91. The monoisotopic (exact) mass is 249 g/mol. The molecule has 1 rings (SSSR count). The van der Waals surface area contributed by atoms with Crippen LogP contribution < -0.4 is 5.32 Å². The summed E-state index contributed by atoms with van der Waals surface area (Å²) in [5.74, 6) is 0. The van der Waals surface area contributed by atoms with Crippen molar-refractivity contribution in [3.63, 3.8) is 0 Å². The number of nitrogens with one attached hydrogen (secondary N) is 1. The van der Waals surface area contributed by atoms with Crippen LogP contribution in [0, 0.1) is 0 Å². The zero-order valence-corrected chi connectivity index (χ0v) is 12.2. The second-order valence-electron chi connectivity index (χ2n) is 5.30. The van der Waals surface area contributed by atoms with Gasteiger partial charge in [-0.2, -0.15) is 0 Å². The van der Waals surface area contributed by atoms with E-state index in [1.54, 1.807) is 0 Å². The van der Waals surface area contributed by atoms with Crippen LogP contribution in [0.3, 0.4) is 0 Å². The molecule has 0 bridgehead atoms. The normalized spacial score (nSPS) is 13.2. The van der Waals surface area contributed by atoms with E-state index in [0.29, 0.717) is 12.1 Å². The summed E-state index contributed by atoms with van der Waals surface area (Å²) in [6.07, 6.45) is 4.08. The molecule has 18 heavy (non-hydrogen) atoms. The summed E-state index contributed by atoms with van der Waals surface area (Å²) >= 11 is 0. The molecule has 3 nitrogen and oxygen atoms in total. The van der Waals surface area contributed by atoms with Crippen LogP contribution in [0.5, 0.6) is 0 Å². The molecule has 1 aromatic heterocycles. The largest absolute Gasteiger partial charge is 0.314 e. The molecule has 1 unspecified atom stereocenters. The Morgan fingerprint density at radius 1 is 1.28 bits per heavy atom. The molecule has 1 atom stereocenters. The van der Waals surface area contributed by atoms with Gasteiger partial charge < -0.3 is 10.2 Å². The van der Waals surface area contributed by atoms with E-state index >= 15 is 0 Å². The van der Waals surface area contributed by atoms with Crippen molar-refractivity contribution in [3.8, 4) is 0 Å². The van der Waals surface area contributed by atoms with Crippen molar-refractivity contribution in [2.45, 2.75) is 45.7 Å². The molecular formula is C15H27N3. The minimum Gasteiger partial charge on any atom is -0.314 e. The second-order valence-corrected chi connectivity index (χ2v) is 5.30. The highest BCUT2D eigenvalue weighted by molar-refractivity contribution is 5.03. The fourth-order valence-corrected chi connectivity index (χ4v) is 1.86. The smallest absolute Gasteiger partial charge is 0.0416 e. The van der Waals surface area contributed by atoms with Gasteiger partial charge in [-0.15, -0.1) is 0 Å². The van der Waals surface area contributed by atoms with Crippen molar-refractivity contribution < 1.29 is 0 Å². The molecule has 0 radical (unpaired) electrons. The van der Waals surface area contributed by atoms with Crippen LogP contribution in [0.25, 0.3) is 0 Å². The first-order chi connectivity index (χ1) is 8.59. The lowest BCUT2D eigenvalue weighted by atomic mass is 10.2. The van der Waals surface area contributed by atoms with E-state index in [0.717, 1.165) is 19.5 Å². The lowest BCUT2D eigenvalue weighted by molar-refractivity contribution is 0.245. The summed E-state index contributed by atoms with van der Waals surface area (Å²) in [7, 11) is 2.20. The average Bonchev–Trinajstić information content (AvgIpc) is 2.36. The molecule has 0 amide bonds. The predicted octanol–water partition coefficient (Wildman–Crippen LogP) is 2.33. The van der Waals surface area contributed by atoms with Crippen molar-refractivity contribution >= 4 is 0 Å². The summed E-state index contributed by atoms with van der Waals surface area (Å²) in [6, 6.07) is 7.31. The number of aromatic nitrogens is 1. The second kappa shape index (κ2) is 8.22. The highest BCUT2D eigenvalue weighted by Crippen LogP contribution is 2.03. The molecule has 0 saturated heterocycles. The molecule has 0 spiro atoms. The van der Waals surface area contributed by atoms with Crippen molar-refractivity contribution in [2.75, 3.05) is 20.1 Å². The maximum atomic E-state index is 4.36. The Morgan fingerprint density at radius 3 is 2.67 bits per heavy atom. The number of hydrogen-bond donors (Lipinski definition) is 1. The van der Waals surface area contributed by atoms with E-state index in [9.17, 15) is 0 Å². The summed E-state index contributed by atoms with van der Waals surface area (Å²) in [5, 5.41) is 3.47. The first-order valence-electron chi connectivity index (χ1n) is 6.93. The number of pyridine rings is 1. The van der Waals surface area contributed by atoms with Gasteiger partial charge in [-0.05, 0) is 39.1 Å². The quantitative estimate of drug-likeness (QED) is 0.766. The van der Waals surface area contributed by atoms with Crippen LogP contribution in [0.1, 0.15) is 32.9 Å². The number of nitrogens with zero attached hydrogens (tertiary/aromatic N) is 2. The SMILES string of the molecule is CC(C)NCCC(C)N(C)CCc1ccccn1. The minimum atomic E-state index is 0.580. The van der Waals surface area contributed by atoms with Gasteiger partial charge in [0.05, 0.1) is 0 Å². The summed E-state index contributed by atoms with van der Waals surface area (Å²) < 4.78 is 0. The van der Waals surface area contributed by atoms with Crippen molar-refractivity contribution in [1.82, 2.24) is 15.2 Å². The van der Waals surface area contributed by atoms with Gasteiger partial charge in [0.15, 0.2) is 0 Å². The Morgan fingerprint density at radius 2 is 2.06 bits per heavy atom. The summed E-state index contributed by atoms with van der Waals surface area (Å²) in [5.41, 5.74) is 1.18. The van der Waals surface area contributed by atoms with E-state index in [1.165, 1.54) is 12.1 Å². The van der Waals surface area contributed by atoms with Crippen LogP contribution in [-0.4, -0.2) is 42.1 Å². The first kappa shape index (κ1) is 15.1. The highest BCUT2D eigenvalue weighted by Gasteiger charge is 2.09. The lowest BCUT2D eigenvalue weighted by Crippen LogP contribution is -2.35. The van der Waals surface area contributed by atoms with Gasteiger partial charge in [0.2, 0.25) is 0 Å². The van der Waals surface area contributed by atoms with Gasteiger partial charge in [0.25, 0.3) is 0 Å². The average molecular weight is 249 g/mol. The van der Waals surface area contributed by atoms with Gasteiger partial charge in [0.1, 0.15) is 0 Å². The van der Waals surface area contributed by atoms with Crippen molar-refractivity contribution in [1.29, 1.82) is 0 Å². The Hall–Kier alpha value is -0.930. The third-order valence-corrected chi connectivity index (χ3v) is 3.31. The molecule has 0 aliphatic rings. The Balaban J connectivity index is 2.21. The predicted molar refractivity (Wildman–Crippen MR) is 77.8 cm³/mol. The van der Waals surface area contributed by atoms with Gasteiger partial charge >= 0.3 is 0 Å². The van der Waals surface area contributed by atoms with Gasteiger partial charge in [-0.3, -0.25) is 4.98 Å². The molecule has 1 heterocycles. The van der Waals surface area contributed by atoms with E-state index in [1.807, 2.05) is 12.3 Å². The molecule has 0 aromatic carbocycles. The number of hydrogen-bond acceptors (Lipinski definition) is 3. The molecule has 0 aliphatic carbocycles. The van der Waals surface area contributed by atoms with Crippen molar-refractivity contribution in [2.24, 2.45) is 0 Å². The molecule has 0 fully saturated rings. The fourth-order valence-electron chi connectivity index (χ4n) is 1.86. The molecule has 1 N–H and O–H groups in total. The Bertz CT molecular complexity index is 311. The topological polar surface area (TPSA) is 28.2 Å². The number of rotatable bonds is 8. The van der Waals surface area contributed by atoms with Crippen LogP contribution in [0.4, 0.5) is 0 Å². The molecule has 102 valence electrons. The van der Waals surface area contributed by atoms with E-state index in [4.69, 9.17) is 0 Å². The zero-order valence-electron chi connectivity index (χ0n) is 12.2. The first-order valence-corrected chi connectivity index (χ1v) is 6.93. The van der Waals surface area contributed by atoms with Crippen LogP contribution in [-0.2, 0) is 6.42 Å².